The van der Waals surface area contributed by atoms with Gasteiger partial charge in [0.05, 0.1) is 10.3 Å². The summed E-state index contributed by atoms with van der Waals surface area (Å²) in [5, 5.41) is 2.52. The van der Waals surface area contributed by atoms with Gasteiger partial charge in [-0.15, -0.1) is 0 Å². The summed E-state index contributed by atoms with van der Waals surface area (Å²) in [6.45, 7) is 5.12. The van der Waals surface area contributed by atoms with Crippen LogP contribution in [0.5, 0.6) is 0 Å². The van der Waals surface area contributed by atoms with E-state index in [0.717, 1.165) is 0 Å². The van der Waals surface area contributed by atoms with Crippen LogP contribution in [0.15, 0.2) is 27.6 Å². The largest absolute Gasteiger partial charge is 0.359 e. The molecule has 1 amide bonds. The highest BCUT2D eigenvalue weighted by Gasteiger charge is 2.29. The molecule has 0 aromatic heterocycles. The van der Waals surface area contributed by atoms with Gasteiger partial charge in [-0.2, -0.15) is 0 Å². The van der Waals surface area contributed by atoms with Gasteiger partial charge in [0.1, 0.15) is 0 Å². The highest BCUT2D eigenvalue weighted by Crippen LogP contribution is 2.21. The number of halogens is 1. The van der Waals surface area contributed by atoms with Crippen LogP contribution in [0.4, 0.5) is 0 Å². The predicted molar refractivity (Wildman–Crippen MR) is 81.9 cm³/mol. The zero-order valence-electron chi connectivity index (χ0n) is 12.0. The molecule has 0 aliphatic heterocycles. The van der Waals surface area contributed by atoms with E-state index in [-0.39, 0.29) is 17.3 Å². The summed E-state index contributed by atoms with van der Waals surface area (Å²) in [5.41, 5.74) is -0.166. The third-order valence-corrected chi connectivity index (χ3v) is 5.02. The van der Waals surface area contributed by atoms with Crippen LogP contribution in [0.25, 0.3) is 0 Å². The molecule has 0 saturated heterocycles. The molecular formula is C13H19BrN2O3S. The first kappa shape index (κ1) is 17.1. The molecule has 0 spiro atoms. The first-order valence-electron chi connectivity index (χ1n) is 6.08. The maximum absolute atomic E-state index is 12.3. The second-order valence-electron chi connectivity index (χ2n) is 5.20. The molecule has 0 atom stereocenters. The Bertz CT molecular complexity index is 612. The van der Waals surface area contributed by atoms with Crippen LogP contribution in [-0.4, -0.2) is 27.9 Å². The summed E-state index contributed by atoms with van der Waals surface area (Å²) in [4.78, 5) is 11.9. The molecule has 0 saturated carbocycles. The summed E-state index contributed by atoms with van der Waals surface area (Å²) >= 11 is 3.26. The Morgan fingerprint density at radius 3 is 2.50 bits per heavy atom. The molecule has 0 radical (unpaired) electrons. The van der Waals surface area contributed by atoms with E-state index in [1.807, 2.05) is 0 Å². The maximum atomic E-state index is 12.3. The summed E-state index contributed by atoms with van der Waals surface area (Å²) in [7, 11) is -2.12. The Balaban J connectivity index is 2.97. The number of nitrogens with one attached hydrogen (secondary N) is 2. The lowest BCUT2D eigenvalue weighted by molar-refractivity contribution is -0.128. The predicted octanol–water partition coefficient (Wildman–Crippen LogP) is 1.81. The van der Waals surface area contributed by atoms with Gasteiger partial charge in [0, 0.05) is 18.1 Å². The molecule has 1 rings (SSSR count). The number of aryl methyl sites for hydroxylation is 1. The molecule has 112 valence electrons. The SMILES string of the molecule is CNC(=O)C(C)(C)CNS(=O)(=O)c1cc(Br)ccc1C. The summed E-state index contributed by atoms with van der Waals surface area (Å²) in [6, 6.07) is 5.05. The number of carbonyl (C=O) groups excluding carboxylic acids is 1. The van der Waals surface area contributed by atoms with Gasteiger partial charge in [0.15, 0.2) is 0 Å². The average molecular weight is 363 g/mol. The van der Waals surface area contributed by atoms with E-state index in [4.69, 9.17) is 0 Å². The van der Waals surface area contributed by atoms with E-state index < -0.39 is 15.4 Å². The molecular weight excluding hydrogens is 344 g/mol. The second-order valence-corrected chi connectivity index (χ2v) is 7.85. The minimum atomic E-state index is -3.65. The number of hydrogen-bond donors (Lipinski definition) is 2. The van der Waals surface area contributed by atoms with Gasteiger partial charge >= 0.3 is 0 Å². The van der Waals surface area contributed by atoms with Crippen molar-refractivity contribution in [2.45, 2.75) is 25.7 Å². The fraction of sp³-hybridized carbons (Fsp3) is 0.462. The quantitative estimate of drug-likeness (QED) is 0.838. The molecule has 5 nitrogen and oxygen atoms in total. The Morgan fingerprint density at radius 2 is 1.95 bits per heavy atom. The number of amides is 1. The molecule has 0 bridgehead atoms. The average Bonchev–Trinajstić information content (AvgIpc) is 2.38. The van der Waals surface area contributed by atoms with E-state index in [1.54, 1.807) is 39.0 Å². The Kier molecular flexibility index (Phi) is 5.34. The van der Waals surface area contributed by atoms with Crippen LogP contribution in [-0.2, 0) is 14.8 Å². The molecule has 2 N–H and O–H groups in total. The fourth-order valence-corrected chi connectivity index (χ4v) is 3.63. The van der Waals surface area contributed by atoms with Crippen molar-refractivity contribution in [1.29, 1.82) is 0 Å². The molecule has 0 aliphatic rings. The number of hydrogen-bond acceptors (Lipinski definition) is 3. The minimum absolute atomic E-state index is 0.0287. The van der Waals surface area contributed by atoms with Gasteiger partial charge in [-0.3, -0.25) is 4.79 Å². The third-order valence-electron chi connectivity index (χ3n) is 2.99. The standard InChI is InChI=1S/C13H19BrN2O3S/c1-9-5-6-10(14)7-11(9)20(18,19)16-8-13(2,3)12(17)15-4/h5-7,16H,8H2,1-4H3,(H,15,17). The number of benzene rings is 1. The Labute approximate surface area is 128 Å². The molecule has 1 aromatic carbocycles. The van der Waals surface area contributed by atoms with Crippen molar-refractivity contribution >= 4 is 31.9 Å². The fourth-order valence-electron chi connectivity index (χ4n) is 1.64. The van der Waals surface area contributed by atoms with Crippen molar-refractivity contribution < 1.29 is 13.2 Å². The number of carbonyl (C=O) groups is 1. The highest BCUT2D eigenvalue weighted by atomic mass is 79.9. The third kappa shape index (κ3) is 4.04. The lowest BCUT2D eigenvalue weighted by Crippen LogP contribution is -2.43. The van der Waals surface area contributed by atoms with Crippen molar-refractivity contribution in [2.75, 3.05) is 13.6 Å². The van der Waals surface area contributed by atoms with Crippen LogP contribution in [0, 0.1) is 12.3 Å². The maximum Gasteiger partial charge on any atom is 0.240 e. The van der Waals surface area contributed by atoms with Crippen LogP contribution < -0.4 is 10.0 Å². The van der Waals surface area contributed by atoms with Crippen molar-refractivity contribution in [3.8, 4) is 0 Å². The van der Waals surface area contributed by atoms with Crippen molar-refractivity contribution in [1.82, 2.24) is 10.0 Å². The molecule has 7 heteroatoms. The lowest BCUT2D eigenvalue weighted by Gasteiger charge is -2.23. The van der Waals surface area contributed by atoms with Crippen LogP contribution in [0.1, 0.15) is 19.4 Å². The topological polar surface area (TPSA) is 75.3 Å². The van der Waals surface area contributed by atoms with E-state index >= 15 is 0 Å². The van der Waals surface area contributed by atoms with Gasteiger partial charge in [-0.1, -0.05) is 22.0 Å². The van der Waals surface area contributed by atoms with E-state index in [9.17, 15) is 13.2 Å². The van der Waals surface area contributed by atoms with Gasteiger partial charge in [0.2, 0.25) is 15.9 Å². The zero-order chi connectivity index (χ0) is 15.6. The van der Waals surface area contributed by atoms with Gasteiger partial charge < -0.3 is 5.32 Å². The molecule has 0 aliphatic carbocycles. The Morgan fingerprint density at radius 1 is 1.35 bits per heavy atom. The summed E-state index contributed by atoms with van der Waals surface area (Å²) in [5.74, 6) is -0.217. The van der Waals surface area contributed by atoms with Gasteiger partial charge in [0.25, 0.3) is 0 Å². The van der Waals surface area contributed by atoms with Gasteiger partial charge in [-0.25, -0.2) is 13.1 Å². The van der Waals surface area contributed by atoms with E-state index in [2.05, 4.69) is 26.0 Å². The normalized spacial score (nSPS) is 12.2. The molecule has 0 unspecified atom stereocenters. The first-order valence-corrected chi connectivity index (χ1v) is 8.36. The molecule has 0 heterocycles. The van der Waals surface area contributed by atoms with Crippen LogP contribution in [0.3, 0.4) is 0 Å². The van der Waals surface area contributed by atoms with Crippen molar-refractivity contribution in [3.63, 3.8) is 0 Å². The smallest absolute Gasteiger partial charge is 0.240 e. The van der Waals surface area contributed by atoms with Crippen LogP contribution in [0.2, 0.25) is 0 Å². The summed E-state index contributed by atoms with van der Waals surface area (Å²) < 4.78 is 27.8. The zero-order valence-corrected chi connectivity index (χ0v) is 14.4. The number of sulfonamides is 1. The Hall–Kier alpha value is -0.920. The minimum Gasteiger partial charge on any atom is -0.359 e. The molecule has 0 fully saturated rings. The first-order chi connectivity index (χ1) is 9.10. The van der Waals surface area contributed by atoms with Gasteiger partial charge in [-0.05, 0) is 38.5 Å². The monoisotopic (exact) mass is 362 g/mol. The second kappa shape index (κ2) is 6.24. The van der Waals surface area contributed by atoms with Crippen LogP contribution >= 0.6 is 15.9 Å². The van der Waals surface area contributed by atoms with Crippen molar-refractivity contribution in [2.24, 2.45) is 5.41 Å². The highest BCUT2D eigenvalue weighted by molar-refractivity contribution is 9.10. The van der Waals surface area contributed by atoms with E-state index in [0.29, 0.717) is 10.0 Å². The van der Waals surface area contributed by atoms with E-state index in [1.165, 1.54) is 7.05 Å². The summed E-state index contributed by atoms with van der Waals surface area (Å²) in [6.07, 6.45) is 0. The number of rotatable bonds is 5. The van der Waals surface area contributed by atoms with Crippen molar-refractivity contribution in [3.05, 3.63) is 28.2 Å². The molecule has 1 aromatic rings. The lowest BCUT2D eigenvalue weighted by atomic mass is 9.93. The molecule has 20 heavy (non-hydrogen) atoms.